The first-order valence-electron chi connectivity index (χ1n) is 6.52. The Morgan fingerprint density at radius 1 is 1.25 bits per heavy atom. The minimum Gasteiger partial charge on any atom is -0.477 e. The zero-order valence-electron chi connectivity index (χ0n) is 11.2. The minimum absolute atomic E-state index is 0.120. The van der Waals surface area contributed by atoms with Gasteiger partial charge in [-0.1, -0.05) is 0 Å². The van der Waals surface area contributed by atoms with Crippen LogP contribution in [0.3, 0.4) is 0 Å². The highest BCUT2D eigenvalue weighted by Gasteiger charge is 2.19. The van der Waals surface area contributed by atoms with Crippen LogP contribution in [0.15, 0.2) is 30.6 Å². The number of carboxylic acid groups (broad SMARTS) is 1. The van der Waals surface area contributed by atoms with Crippen LogP contribution in [0.1, 0.15) is 27.3 Å². The quantitative estimate of drug-likeness (QED) is 0.903. The molecular formula is C15H15N3O2. The number of fused-ring (bicyclic) bond motifs is 1. The maximum Gasteiger partial charge on any atom is 0.354 e. The molecule has 20 heavy (non-hydrogen) atoms. The van der Waals surface area contributed by atoms with Crippen molar-refractivity contribution in [3.63, 3.8) is 0 Å². The Morgan fingerprint density at radius 3 is 2.80 bits per heavy atom. The fourth-order valence-corrected chi connectivity index (χ4v) is 2.42. The van der Waals surface area contributed by atoms with E-state index in [1.54, 1.807) is 12.3 Å². The minimum atomic E-state index is -0.974. The van der Waals surface area contributed by atoms with E-state index in [-0.39, 0.29) is 5.69 Å². The molecule has 2 aromatic heterocycles. The third-order valence-electron chi connectivity index (χ3n) is 3.58. The Kier molecular flexibility index (Phi) is 3.10. The number of pyridine rings is 2. The second-order valence-electron chi connectivity index (χ2n) is 4.97. The maximum absolute atomic E-state index is 10.9. The molecule has 0 radical (unpaired) electrons. The molecule has 1 aliphatic rings. The summed E-state index contributed by atoms with van der Waals surface area (Å²) in [5.41, 5.74) is 4.37. The first-order valence-corrected chi connectivity index (χ1v) is 6.52. The van der Waals surface area contributed by atoms with Gasteiger partial charge >= 0.3 is 5.97 Å². The normalized spacial score (nSPS) is 13.9. The predicted octanol–water partition coefficient (Wildman–Crippen LogP) is 2.05. The van der Waals surface area contributed by atoms with E-state index in [4.69, 9.17) is 5.11 Å². The number of nitrogens with zero attached hydrogens (tertiary/aromatic N) is 3. The summed E-state index contributed by atoms with van der Waals surface area (Å²) < 4.78 is 0. The van der Waals surface area contributed by atoms with E-state index in [2.05, 4.69) is 20.9 Å². The van der Waals surface area contributed by atoms with Gasteiger partial charge in [-0.2, -0.15) is 0 Å². The smallest absolute Gasteiger partial charge is 0.354 e. The van der Waals surface area contributed by atoms with Crippen LogP contribution in [0, 0.1) is 6.92 Å². The van der Waals surface area contributed by atoms with Gasteiger partial charge in [-0.25, -0.2) is 9.78 Å². The van der Waals surface area contributed by atoms with Crippen molar-refractivity contribution in [3.05, 3.63) is 53.1 Å². The van der Waals surface area contributed by atoms with Gasteiger partial charge in [0.15, 0.2) is 0 Å². The molecule has 102 valence electrons. The molecule has 0 fully saturated rings. The lowest BCUT2D eigenvalue weighted by Crippen LogP contribution is -2.30. The van der Waals surface area contributed by atoms with Crippen molar-refractivity contribution < 1.29 is 9.90 Å². The van der Waals surface area contributed by atoms with E-state index >= 15 is 0 Å². The second kappa shape index (κ2) is 4.92. The van der Waals surface area contributed by atoms with E-state index in [1.807, 2.05) is 19.2 Å². The molecule has 0 saturated carbocycles. The monoisotopic (exact) mass is 269 g/mol. The molecule has 0 amide bonds. The summed E-state index contributed by atoms with van der Waals surface area (Å²) in [5, 5.41) is 8.96. The molecule has 0 saturated heterocycles. The van der Waals surface area contributed by atoms with Gasteiger partial charge in [-0.05, 0) is 42.7 Å². The number of hydrogen-bond donors (Lipinski definition) is 1. The molecule has 2 aromatic rings. The highest BCUT2D eigenvalue weighted by atomic mass is 16.4. The van der Waals surface area contributed by atoms with Crippen LogP contribution in [0.25, 0.3) is 0 Å². The fraction of sp³-hybridized carbons (Fsp3) is 0.267. The standard InChI is InChI=1S/C15H15N3O2/c1-10-2-3-13(8-16-10)18-5-4-11-6-14(15(19)20)17-7-12(11)9-18/h2-3,6-8H,4-5,9H2,1H3,(H,19,20). The second-order valence-corrected chi connectivity index (χ2v) is 4.97. The van der Waals surface area contributed by atoms with E-state index in [1.165, 1.54) is 0 Å². The number of hydrogen-bond acceptors (Lipinski definition) is 4. The molecule has 3 rings (SSSR count). The summed E-state index contributed by atoms with van der Waals surface area (Å²) in [4.78, 5) is 21.5. The average Bonchev–Trinajstić information content (AvgIpc) is 2.47. The summed E-state index contributed by atoms with van der Waals surface area (Å²) in [6.07, 6.45) is 4.37. The molecule has 0 spiro atoms. The Bertz CT molecular complexity index is 653. The summed E-state index contributed by atoms with van der Waals surface area (Å²) in [6, 6.07) is 5.74. The van der Waals surface area contributed by atoms with Crippen molar-refractivity contribution in [1.82, 2.24) is 9.97 Å². The third kappa shape index (κ3) is 2.34. The van der Waals surface area contributed by atoms with Crippen LogP contribution in [0.4, 0.5) is 5.69 Å². The summed E-state index contributed by atoms with van der Waals surface area (Å²) in [6.45, 7) is 3.57. The molecule has 3 heterocycles. The van der Waals surface area contributed by atoms with Crippen LogP contribution in [-0.2, 0) is 13.0 Å². The molecule has 0 bridgehead atoms. The van der Waals surface area contributed by atoms with E-state index in [9.17, 15) is 4.79 Å². The highest BCUT2D eigenvalue weighted by Crippen LogP contribution is 2.24. The van der Waals surface area contributed by atoms with Gasteiger partial charge < -0.3 is 10.0 Å². The number of anilines is 1. The van der Waals surface area contributed by atoms with Crippen molar-refractivity contribution in [2.24, 2.45) is 0 Å². The summed E-state index contributed by atoms with van der Waals surface area (Å²) in [5.74, 6) is -0.974. The number of carbonyl (C=O) groups is 1. The number of rotatable bonds is 2. The van der Waals surface area contributed by atoms with Gasteiger partial charge in [-0.15, -0.1) is 0 Å². The number of aryl methyl sites for hydroxylation is 1. The Balaban J connectivity index is 1.85. The van der Waals surface area contributed by atoms with Gasteiger partial charge in [0, 0.05) is 25.0 Å². The van der Waals surface area contributed by atoms with E-state index in [0.29, 0.717) is 0 Å². The highest BCUT2D eigenvalue weighted by molar-refractivity contribution is 5.85. The van der Waals surface area contributed by atoms with E-state index < -0.39 is 5.97 Å². The first kappa shape index (κ1) is 12.6. The third-order valence-corrected chi connectivity index (χ3v) is 3.58. The lowest BCUT2D eigenvalue weighted by Gasteiger charge is -2.30. The van der Waals surface area contributed by atoms with Crippen molar-refractivity contribution >= 4 is 11.7 Å². The Labute approximate surface area is 116 Å². The zero-order valence-corrected chi connectivity index (χ0v) is 11.2. The number of aromatic nitrogens is 2. The number of carboxylic acids is 1. The van der Waals surface area contributed by atoms with Crippen molar-refractivity contribution in [2.45, 2.75) is 19.9 Å². The van der Waals surface area contributed by atoms with Crippen LogP contribution in [-0.4, -0.2) is 27.6 Å². The predicted molar refractivity (Wildman–Crippen MR) is 74.9 cm³/mol. The van der Waals surface area contributed by atoms with Crippen molar-refractivity contribution in [2.75, 3.05) is 11.4 Å². The van der Waals surface area contributed by atoms with Crippen LogP contribution >= 0.6 is 0 Å². The lowest BCUT2D eigenvalue weighted by atomic mass is 10.0. The van der Waals surface area contributed by atoms with Gasteiger partial charge in [0.2, 0.25) is 0 Å². The van der Waals surface area contributed by atoms with Gasteiger partial charge in [0.1, 0.15) is 5.69 Å². The maximum atomic E-state index is 10.9. The average molecular weight is 269 g/mol. The first-order chi connectivity index (χ1) is 9.63. The Hall–Kier alpha value is -2.43. The Morgan fingerprint density at radius 2 is 2.10 bits per heavy atom. The zero-order chi connectivity index (χ0) is 14.1. The molecular weight excluding hydrogens is 254 g/mol. The van der Waals surface area contributed by atoms with Crippen LogP contribution in [0.2, 0.25) is 0 Å². The molecule has 5 nitrogen and oxygen atoms in total. The molecule has 0 atom stereocenters. The lowest BCUT2D eigenvalue weighted by molar-refractivity contribution is 0.0690. The molecule has 0 aliphatic carbocycles. The van der Waals surface area contributed by atoms with Crippen molar-refractivity contribution in [3.8, 4) is 0 Å². The van der Waals surface area contributed by atoms with Crippen LogP contribution < -0.4 is 4.90 Å². The fourth-order valence-electron chi connectivity index (χ4n) is 2.42. The number of aromatic carboxylic acids is 1. The molecule has 1 N–H and O–H groups in total. The van der Waals surface area contributed by atoms with Gasteiger partial charge in [-0.3, -0.25) is 4.98 Å². The molecule has 0 aromatic carbocycles. The topological polar surface area (TPSA) is 66.3 Å². The molecule has 5 heteroatoms. The summed E-state index contributed by atoms with van der Waals surface area (Å²) >= 11 is 0. The SMILES string of the molecule is Cc1ccc(N2CCc3cc(C(=O)O)ncc3C2)cn1. The largest absolute Gasteiger partial charge is 0.477 e. The van der Waals surface area contributed by atoms with E-state index in [0.717, 1.165) is 42.0 Å². The van der Waals surface area contributed by atoms with Gasteiger partial charge in [0.05, 0.1) is 11.9 Å². The van der Waals surface area contributed by atoms with Crippen LogP contribution in [0.5, 0.6) is 0 Å². The van der Waals surface area contributed by atoms with Gasteiger partial charge in [0.25, 0.3) is 0 Å². The molecule has 0 unspecified atom stereocenters. The molecule has 1 aliphatic heterocycles. The van der Waals surface area contributed by atoms with Crippen molar-refractivity contribution in [1.29, 1.82) is 0 Å². The summed E-state index contributed by atoms with van der Waals surface area (Å²) in [7, 11) is 0.